The van der Waals surface area contributed by atoms with Gasteiger partial charge in [0.05, 0.1) is 20.4 Å². The van der Waals surface area contributed by atoms with Crippen LogP contribution in [0.3, 0.4) is 0 Å². The zero-order valence-electron chi connectivity index (χ0n) is 17.4. The summed E-state index contributed by atoms with van der Waals surface area (Å²) in [6, 6.07) is 11.5. The van der Waals surface area contributed by atoms with Crippen LogP contribution in [0.2, 0.25) is 0 Å². The van der Waals surface area contributed by atoms with Crippen LogP contribution in [0.25, 0.3) is 0 Å². The van der Waals surface area contributed by atoms with Crippen LogP contribution in [0, 0.1) is 0 Å². The number of carbonyl (C=O) groups excluding carboxylic acids is 1. The SMILES string of the molecule is COc1cc(/C=N/NC(=O)C(OC)c2ccc(N3CCCC3)cc2)cc(OC)c1Br. The van der Waals surface area contributed by atoms with Crippen LogP contribution in [-0.2, 0) is 9.53 Å². The predicted molar refractivity (Wildman–Crippen MR) is 121 cm³/mol. The Hall–Kier alpha value is -2.58. The molecule has 8 heteroatoms. The van der Waals surface area contributed by atoms with E-state index in [4.69, 9.17) is 14.2 Å². The van der Waals surface area contributed by atoms with E-state index in [-0.39, 0.29) is 5.91 Å². The number of amides is 1. The highest BCUT2D eigenvalue weighted by molar-refractivity contribution is 9.10. The minimum atomic E-state index is -0.747. The maximum atomic E-state index is 12.6. The average Bonchev–Trinajstić information content (AvgIpc) is 3.30. The van der Waals surface area contributed by atoms with Crippen LogP contribution in [0.15, 0.2) is 46.0 Å². The Morgan fingerprint density at radius 3 is 2.23 bits per heavy atom. The number of benzene rings is 2. The summed E-state index contributed by atoms with van der Waals surface area (Å²) in [5.41, 5.74) is 5.21. The van der Waals surface area contributed by atoms with Gasteiger partial charge in [-0.05, 0) is 58.6 Å². The van der Waals surface area contributed by atoms with E-state index < -0.39 is 6.10 Å². The molecular formula is C22H26BrN3O4. The fraction of sp³-hybridized carbons (Fsp3) is 0.364. The van der Waals surface area contributed by atoms with Gasteiger partial charge in [-0.2, -0.15) is 5.10 Å². The topological polar surface area (TPSA) is 72.4 Å². The van der Waals surface area contributed by atoms with Crippen molar-refractivity contribution >= 4 is 33.7 Å². The molecule has 0 bridgehead atoms. The Morgan fingerprint density at radius 2 is 1.70 bits per heavy atom. The Bertz CT molecular complexity index is 871. The lowest BCUT2D eigenvalue weighted by Crippen LogP contribution is -2.26. The molecule has 1 fully saturated rings. The number of rotatable bonds is 8. The highest BCUT2D eigenvalue weighted by Crippen LogP contribution is 2.35. The van der Waals surface area contributed by atoms with Gasteiger partial charge in [-0.25, -0.2) is 5.43 Å². The zero-order valence-corrected chi connectivity index (χ0v) is 18.9. The Balaban J connectivity index is 1.66. The van der Waals surface area contributed by atoms with Crippen LogP contribution >= 0.6 is 15.9 Å². The van der Waals surface area contributed by atoms with E-state index in [9.17, 15) is 4.79 Å². The lowest BCUT2D eigenvalue weighted by Gasteiger charge is -2.19. The second-order valence-electron chi connectivity index (χ2n) is 6.88. The van der Waals surface area contributed by atoms with Crippen molar-refractivity contribution in [2.75, 3.05) is 39.3 Å². The van der Waals surface area contributed by atoms with E-state index in [0.29, 0.717) is 16.0 Å². The van der Waals surface area contributed by atoms with E-state index in [1.807, 2.05) is 24.3 Å². The Kier molecular flexibility index (Phi) is 7.70. The Morgan fingerprint density at radius 1 is 1.10 bits per heavy atom. The van der Waals surface area contributed by atoms with Gasteiger partial charge in [0, 0.05) is 31.5 Å². The lowest BCUT2D eigenvalue weighted by atomic mass is 10.1. The first-order chi connectivity index (χ1) is 14.6. The lowest BCUT2D eigenvalue weighted by molar-refractivity contribution is -0.131. The highest BCUT2D eigenvalue weighted by Gasteiger charge is 2.20. The molecule has 2 aromatic carbocycles. The molecule has 1 saturated heterocycles. The largest absolute Gasteiger partial charge is 0.495 e. The second-order valence-corrected chi connectivity index (χ2v) is 7.67. The number of halogens is 1. The summed E-state index contributed by atoms with van der Waals surface area (Å²) < 4.78 is 16.8. The van der Waals surface area contributed by atoms with Crippen LogP contribution in [0.5, 0.6) is 11.5 Å². The van der Waals surface area contributed by atoms with Crippen molar-refractivity contribution in [3.63, 3.8) is 0 Å². The van der Waals surface area contributed by atoms with Crippen LogP contribution in [-0.4, -0.2) is 46.5 Å². The molecule has 1 N–H and O–H groups in total. The van der Waals surface area contributed by atoms with Gasteiger partial charge >= 0.3 is 0 Å². The molecule has 1 aliphatic rings. The quantitative estimate of drug-likeness (QED) is 0.462. The number of nitrogens with zero attached hydrogens (tertiary/aromatic N) is 2. The number of ether oxygens (including phenoxy) is 3. The third-order valence-corrected chi connectivity index (χ3v) is 5.78. The van der Waals surface area contributed by atoms with Crippen molar-refractivity contribution in [3.05, 3.63) is 52.0 Å². The van der Waals surface area contributed by atoms with Gasteiger partial charge in [0.2, 0.25) is 0 Å². The molecule has 2 aromatic rings. The van der Waals surface area contributed by atoms with Crippen molar-refractivity contribution in [1.29, 1.82) is 0 Å². The van der Waals surface area contributed by atoms with Crippen LogP contribution in [0.4, 0.5) is 5.69 Å². The van der Waals surface area contributed by atoms with Crippen LogP contribution in [0.1, 0.15) is 30.1 Å². The minimum absolute atomic E-state index is 0.348. The number of hydrazone groups is 1. The monoisotopic (exact) mass is 475 g/mol. The molecule has 1 unspecified atom stereocenters. The van der Waals surface area contributed by atoms with Crippen molar-refractivity contribution in [1.82, 2.24) is 5.43 Å². The van der Waals surface area contributed by atoms with Gasteiger partial charge in [-0.1, -0.05) is 12.1 Å². The number of hydrogen-bond donors (Lipinski definition) is 1. The zero-order chi connectivity index (χ0) is 21.5. The number of hydrogen-bond acceptors (Lipinski definition) is 6. The molecule has 3 rings (SSSR count). The normalized spacial score (nSPS) is 14.7. The molecule has 7 nitrogen and oxygen atoms in total. The smallest absolute Gasteiger partial charge is 0.273 e. The summed E-state index contributed by atoms with van der Waals surface area (Å²) in [6.45, 7) is 2.15. The first kappa shape index (κ1) is 22.1. The maximum Gasteiger partial charge on any atom is 0.273 e. The van der Waals surface area contributed by atoms with E-state index in [2.05, 4.69) is 31.4 Å². The minimum Gasteiger partial charge on any atom is -0.495 e. The summed E-state index contributed by atoms with van der Waals surface area (Å²) in [6.07, 6.45) is 3.22. The first-order valence-electron chi connectivity index (χ1n) is 9.69. The first-order valence-corrected chi connectivity index (χ1v) is 10.5. The molecule has 0 aliphatic carbocycles. The molecule has 1 atom stereocenters. The number of anilines is 1. The molecule has 160 valence electrons. The second kappa shape index (κ2) is 10.4. The molecule has 30 heavy (non-hydrogen) atoms. The molecule has 0 spiro atoms. The van der Waals surface area contributed by atoms with Crippen molar-refractivity contribution in [3.8, 4) is 11.5 Å². The van der Waals surface area contributed by atoms with E-state index in [0.717, 1.165) is 24.2 Å². The summed E-state index contributed by atoms with van der Waals surface area (Å²) in [5.74, 6) is 0.865. The van der Waals surface area contributed by atoms with E-state index >= 15 is 0 Å². The van der Waals surface area contributed by atoms with Gasteiger partial charge in [0.25, 0.3) is 5.91 Å². The average molecular weight is 476 g/mol. The fourth-order valence-electron chi connectivity index (χ4n) is 3.42. The molecular weight excluding hydrogens is 450 g/mol. The number of carbonyl (C=O) groups is 1. The van der Waals surface area contributed by atoms with Crippen LogP contribution < -0.4 is 19.8 Å². The molecule has 0 saturated carbocycles. The standard InChI is InChI=1S/C22H26BrN3O4/c1-28-18-12-15(13-19(29-2)20(18)23)14-24-25-22(27)21(30-3)16-6-8-17(9-7-16)26-10-4-5-11-26/h6-9,12-14,21H,4-5,10-11H2,1-3H3,(H,25,27)/b24-14+. The van der Waals surface area contributed by atoms with Gasteiger partial charge < -0.3 is 19.1 Å². The van der Waals surface area contributed by atoms with Gasteiger partial charge in [0.15, 0.2) is 6.10 Å². The third-order valence-electron chi connectivity index (χ3n) is 5.00. The molecule has 0 aromatic heterocycles. The van der Waals surface area contributed by atoms with Crippen molar-refractivity contribution < 1.29 is 19.0 Å². The Labute approximate surface area is 185 Å². The summed E-state index contributed by atoms with van der Waals surface area (Å²) in [7, 11) is 4.65. The van der Waals surface area contributed by atoms with Gasteiger partial charge in [-0.3, -0.25) is 4.79 Å². The molecule has 1 heterocycles. The summed E-state index contributed by atoms with van der Waals surface area (Å²) in [4.78, 5) is 14.9. The van der Waals surface area contributed by atoms with E-state index in [1.54, 1.807) is 26.4 Å². The summed E-state index contributed by atoms with van der Waals surface area (Å²) in [5, 5.41) is 4.06. The molecule has 0 radical (unpaired) electrons. The van der Waals surface area contributed by atoms with Crippen molar-refractivity contribution in [2.45, 2.75) is 18.9 Å². The van der Waals surface area contributed by atoms with Gasteiger partial charge in [0.1, 0.15) is 16.0 Å². The van der Waals surface area contributed by atoms with E-state index in [1.165, 1.54) is 31.9 Å². The third kappa shape index (κ3) is 5.12. The fourth-order valence-corrected chi connectivity index (χ4v) is 3.98. The molecule has 1 amide bonds. The highest BCUT2D eigenvalue weighted by atomic mass is 79.9. The number of methoxy groups -OCH3 is 3. The number of nitrogens with one attached hydrogen (secondary N) is 1. The summed E-state index contributed by atoms with van der Waals surface area (Å²) >= 11 is 3.42. The maximum absolute atomic E-state index is 12.6. The molecule has 1 aliphatic heterocycles. The predicted octanol–water partition coefficient (Wildman–Crippen LogP) is 3.90. The van der Waals surface area contributed by atoms with Crippen molar-refractivity contribution in [2.24, 2.45) is 5.10 Å². The van der Waals surface area contributed by atoms with Gasteiger partial charge in [-0.15, -0.1) is 0 Å².